The normalized spacial score (nSPS) is 12.8. The lowest BCUT2D eigenvalue weighted by atomic mass is 10.1. The first-order valence-electron chi connectivity index (χ1n) is 9.97. The predicted molar refractivity (Wildman–Crippen MR) is 121 cm³/mol. The maximum Gasteiger partial charge on any atom is 0.343 e. The molecule has 2 aromatic carbocycles. The molecular formula is C23H24ClN3O4. The second-order valence-electron chi connectivity index (χ2n) is 6.78. The van der Waals surface area contributed by atoms with Crippen molar-refractivity contribution in [3.63, 3.8) is 0 Å². The van der Waals surface area contributed by atoms with Gasteiger partial charge in [-0.25, -0.2) is 9.79 Å². The maximum absolute atomic E-state index is 12.7. The van der Waals surface area contributed by atoms with Gasteiger partial charge < -0.3 is 20.1 Å². The lowest BCUT2D eigenvalue weighted by Gasteiger charge is -2.15. The number of benzene rings is 2. The molecule has 3 rings (SSSR count). The van der Waals surface area contributed by atoms with Gasteiger partial charge in [0.1, 0.15) is 17.2 Å². The third kappa shape index (κ3) is 5.44. The Kier molecular flexibility index (Phi) is 7.31. The van der Waals surface area contributed by atoms with Crippen LogP contribution >= 0.6 is 11.6 Å². The average molecular weight is 442 g/mol. The number of nitrogens with one attached hydrogen (secondary N) is 2. The van der Waals surface area contributed by atoms with Crippen molar-refractivity contribution in [2.75, 3.05) is 18.5 Å². The summed E-state index contributed by atoms with van der Waals surface area (Å²) in [6.45, 7) is 5.41. The summed E-state index contributed by atoms with van der Waals surface area (Å²) in [4.78, 5) is 29.9. The molecule has 0 aliphatic carbocycles. The van der Waals surface area contributed by atoms with E-state index in [1.54, 1.807) is 31.2 Å². The highest BCUT2D eigenvalue weighted by atomic mass is 35.5. The first-order valence-corrected chi connectivity index (χ1v) is 10.3. The molecule has 1 aliphatic heterocycles. The maximum atomic E-state index is 12.7. The number of carbonyl (C=O) groups is 2. The Morgan fingerprint density at radius 3 is 2.65 bits per heavy atom. The van der Waals surface area contributed by atoms with Crippen LogP contribution < -0.4 is 15.4 Å². The molecule has 0 aromatic heterocycles. The molecule has 31 heavy (non-hydrogen) atoms. The number of halogens is 1. The quantitative estimate of drug-likeness (QED) is 0.643. The van der Waals surface area contributed by atoms with Gasteiger partial charge in [-0.3, -0.25) is 4.79 Å². The molecule has 8 heteroatoms. The lowest BCUT2D eigenvalue weighted by molar-refractivity contribution is -0.137. The van der Waals surface area contributed by atoms with E-state index >= 15 is 0 Å². The number of esters is 1. The Morgan fingerprint density at radius 2 is 1.94 bits per heavy atom. The number of amides is 1. The van der Waals surface area contributed by atoms with Crippen molar-refractivity contribution < 1.29 is 19.1 Å². The highest BCUT2D eigenvalue weighted by Gasteiger charge is 2.27. The van der Waals surface area contributed by atoms with Gasteiger partial charge in [-0.15, -0.1) is 0 Å². The van der Waals surface area contributed by atoms with E-state index < -0.39 is 11.9 Å². The average Bonchev–Trinajstić information content (AvgIpc) is 2.89. The molecule has 0 spiro atoms. The van der Waals surface area contributed by atoms with Crippen LogP contribution in [0.4, 0.5) is 11.4 Å². The summed E-state index contributed by atoms with van der Waals surface area (Å²) < 4.78 is 10.8. The Labute approximate surface area is 186 Å². The van der Waals surface area contributed by atoms with E-state index in [1.807, 2.05) is 32.0 Å². The van der Waals surface area contributed by atoms with Crippen LogP contribution in [0.15, 0.2) is 58.7 Å². The molecule has 1 heterocycles. The topological polar surface area (TPSA) is 89.0 Å². The molecule has 0 unspecified atom stereocenters. The van der Waals surface area contributed by atoms with E-state index in [-0.39, 0.29) is 24.6 Å². The molecule has 0 saturated heterocycles. The number of allylic oxidation sites excluding steroid dienone is 1. The zero-order valence-electron chi connectivity index (χ0n) is 17.6. The molecule has 0 radical (unpaired) electrons. The predicted octanol–water partition coefficient (Wildman–Crippen LogP) is 4.53. The number of carbonyl (C=O) groups excluding carboxylic acids is 2. The monoisotopic (exact) mass is 441 g/mol. The van der Waals surface area contributed by atoms with Gasteiger partial charge in [0, 0.05) is 10.7 Å². The van der Waals surface area contributed by atoms with Crippen LogP contribution in [0.5, 0.6) is 5.75 Å². The van der Waals surface area contributed by atoms with Gasteiger partial charge >= 0.3 is 5.97 Å². The van der Waals surface area contributed by atoms with Gasteiger partial charge in [0.05, 0.1) is 18.0 Å². The summed E-state index contributed by atoms with van der Waals surface area (Å²) >= 11 is 5.96. The first kappa shape index (κ1) is 22.4. The molecule has 0 bridgehead atoms. The smallest absolute Gasteiger partial charge is 0.343 e. The summed E-state index contributed by atoms with van der Waals surface area (Å²) in [6, 6.07) is 12.5. The van der Waals surface area contributed by atoms with Gasteiger partial charge in [0.2, 0.25) is 0 Å². The summed E-state index contributed by atoms with van der Waals surface area (Å²) in [7, 11) is 0. The van der Waals surface area contributed by atoms with E-state index in [0.717, 1.165) is 11.3 Å². The minimum absolute atomic E-state index is 0.120. The van der Waals surface area contributed by atoms with E-state index in [0.29, 0.717) is 28.6 Å². The third-order valence-corrected chi connectivity index (χ3v) is 4.78. The summed E-state index contributed by atoms with van der Waals surface area (Å²) in [5.74, 6) is -0.350. The highest BCUT2D eigenvalue weighted by Crippen LogP contribution is 2.31. The van der Waals surface area contributed by atoms with Crippen molar-refractivity contribution in [1.82, 2.24) is 5.32 Å². The van der Waals surface area contributed by atoms with Gasteiger partial charge in [-0.05, 0) is 56.2 Å². The van der Waals surface area contributed by atoms with E-state index in [9.17, 15) is 9.59 Å². The SMILES string of the molecule is CCOC(=O)C1=C(CC)Nc2ccccc2N=C1NC(=O)COc1ccc(Cl)cc1C. The first-order chi connectivity index (χ1) is 14.9. The fourth-order valence-electron chi connectivity index (χ4n) is 3.09. The molecule has 1 amide bonds. The van der Waals surface area contributed by atoms with Crippen LogP contribution in [-0.4, -0.2) is 30.9 Å². The molecular weight excluding hydrogens is 418 g/mol. The number of nitrogens with zero attached hydrogens (tertiary/aromatic N) is 1. The minimum Gasteiger partial charge on any atom is -0.483 e. The van der Waals surface area contributed by atoms with E-state index in [2.05, 4.69) is 15.6 Å². The van der Waals surface area contributed by atoms with Crippen LogP contribution in [0.1, 0.15) is 25.8 Å². The molecule has 2 N–H and O–H groups in total. The zero-order chi connectivity index (χ0) is 22.4. The van der Waals surface area contributed by atoms with Crippen molar-refractivity contribution in [1.29, 1.82) is 0 Å². The molecule has 0 saturated carbocycles. The van der Waals surface area contributed by atoms with Crippen LogP contribution in [0, 0.1) is 6.92 Å². The largest absolute Gasteiger partial charge is 0.483 e. The fourth-order valence-corrected chi connectivity index (χ4v) is 3.31. The molecule has 162 valence electrons. The lowest BCUT2D eigenvalue weighted by Crippen LogP contribution is -2.38. The van der Waals surface area contributed by atoms with Gasteiger partial charge in [0.25, 0.3) is 5.91 Å². The number of rotatable bonds is 6. The van der Waals surface area contributed by atoms with Crippen molar-refractivity contribution >= 4 is 40.7 Å². The summed E-state index contributed by atoms with van der Waals surface area (Å²) in [5, 5.41) is 6.54. The number of hydrogen-bond donors (Lipinski definition) is 2. The van der Waals surface area contributed by atoms with Crippen LogP contribution in [-0.2, 0) is 14.3 Å². The number of amidine groups is 1. The van der Waals surface area contributed by atoms with Crippen molar-refractivity contribution in [3.8, 4) is 5.75 Å². The summed E-state index contributed by atoms with van der Waals surface area (Å²) in [5.41, 5.74) is 2.94. The third-order valence-electron chi connectivity index (χ3n) is 4.55. The minimum atomic E-state index is -0.562. The molecule has 1 aliphatic rings. The number of fused-ring (bicyclic) bond motifs is 1. The second-order valence-corrected chi connectivity index (χ2v) is 7.21. The fraction of sp³-hybridized carbons (Fsp3) is 0.261. The number of ether oxygens (including phenoxy) is 2. The van der Waals surface area contributed by atoms with E-state index in [4.69, 9.17) is 21.1 Å². The van der Waals surface area contributed by atoms with Crippen molar-refractivity contribution in [2.24, 2.45) is 4.99 Å². The summed E-state index contributed by atoms with van der Waals surface area (Å²) in [6.07, 6.45) is 0.512. The number of para-hydroxylation sites is 2. The number of hydrogen-bond acceptors (Lipinski definition) is 6. The van der Waals surface area contributed by atoms with Gasteiger partial charge in [0.15, 0.2) is 6.61 Å². The van der Waals surface area contributed by atoms with Crippen molar-refractivity contribution in [2.45, 2.75) is 27.2 Å². The number of aryl methyl sites for hydroxylation is 1. The number of anilines is 1. The van der Waals surface area contributed by atoms with Gasteiger partial charge in [-0.2, -0.15) is 0 Å². The van der Waals surface area contributed by atoms with Crippen LogP contribution in [0.2, 0.25) is 5.02 Å². The van der Waals surface area contributed by atoms with Crippen LogP contribution in [0.25, 0.3) is 0 Å². The molecule has 2 aromatic rings. The zero-order valence-corrected chi connectivity index (χ0v) is 18.4. The molecule has 7 nitrogen and oxygen atoms in total. The number of aliphatic imine (C=N–C) groups is 1. The Morgan fingerprint density at radius 1 is 1.16 bits per heavy atom. The second kappa shape index (κ2) is 10.1. The van der Waals surface area contributed by atoms with Crippen molar-refractivity contribution in [3.05, 3.63) is 64.3 Å². The van der Waals surface area contributed by atoms with E-state index in [1.165, 1.54) is 0 Å². The van der Waals surface area contributed by atoms with Gasteiger partial charge in [-0.1, -0.05) is 30.7 Å². The standard InChI is InChI=1S/C23H24ClN3O4/c1-4-16-21(23(29)30-5-2)22(26-18-9-7-6-8-17(18)25-16)27-20(28)13-31-19-11-10-15(24)12-14(19)3/h6-12,25H,4-5,13H2,1-3H3,(H,26,27,28). The molecule has 0 fully saturated rings. The Balaban J connectivity index is 1.88. The highest BCUT2D eigenvalue weighted by molar-refractivity contribution is 6.30. The van der Waals surface area contributed by atoms with Crippen LogP contribution in [0.3, 0.4) is 0 Å². The molecule has 0 atom stereocenters. The Hall–Kier alpha value is -3.32. The Bertz CT molecular complexity index is 1060.